The van der Waals surface area contributed by atoms with Gasteiger partial charge in [0.05, 0.1) is 12.1 Å². The molecule has 1 saturated heterocycles. The molecule has 1 aromatic rings. The maximum absolute atomic E-state index is 13.0. The van der Waals surface area contributed by atoms with Gasteiger partial charge in [0.15, 0.2) is 0 Å². The lowest BCUT2D eigenvalue weighted by atomic mass is 9.89. The smallest absolute Gasteiger partial charge is 0.411 e. The average Bonchev–Trinajstić information content (AvgIpc) is 2.51. The van der Waals surface area contributed by atoms with E-state index in [-0.39, 0.29) is 6.42 Å². The van der Waals surface area contributed by atoms with Crippen LogP contribution >= 0.6 is 0 Å². The summed E-state index contributed by atoms with van der Waals surface area (Å²) in [4.78, 5) is 27.3. The number of hydrogen-bond acceptors (Lipinski definition) is 5. The third-order valence-corrected chi connectivity index (χ3v) is 4.13. The molecule has 6 nitrogen and oxygen atoms in total. The van der Waals surface area contributed by atoms with Gasteiger partial charge in [-0.25, -0.2) is 9.59 Å². The van der Waals surface area contributed by atoms with Crippen molar-refractivity contribution in [2.75, 3.05) is 0 Å². The lowest BCUT2D eigenvalue weighted by Gasteiger charge is -2.43. The second kappa shape index (κ2) is 7.89. The molecule has 1 aromatic carbocycles. The summed E-state index contributed by atoms with van der Waals surface area (Å²) in [5.41, 5.74) is -0.551. The maximum Gasteiger partial charge on any atom is 0.411 e. The first kappa shape index (κ1) is 21.2. The van der Waals surface area contributed by atoms with Gasteiger partial charge in [-0.1, -0.05) is 30.3 Å². The van der Waals surface area contributed by atoms with Crippen LogP contribution in [0.3, 0.4) is 0 Å². The van der Waals surface area contributed by atoms with Crippen LogP contribution in [0.4, 0.5) is 4.79 Å². The maximum atomic E-state index is 13.0. The minimum Gasteiger partial charge on any atom is -0.458 e. The van der Waals surface area contributed by atoms with Crippen LogP contribution in [0.2, 0.25) is 0 Å². The van der Waals surface area contributed by atoms with Crippen LogP contribution in [0.25, 0.3) is 0 Å². The Morgan fingerprint density at radius 2 is 1.52 bits per heavy atom. The first-order valence-electron chi connectivity index (χ1n) is 9.34. The number of rotatable bonds is 2. The first-order chi connectivity index (χ1) is 12.4. The van der Waals surface area contributed by atoms with Gasteiger partial charge in [-0.2, -0.15) is 0 Å². The fraction of sp³-hybridized carbons (Fsp3) is 0.619. The van der Waals surface area contributed by atoms with Gasteiger partial charge in [0.2, 0.25) is 0 Å². The number of esters is 1. The Bertz CT molecular complexity index is 659. The summed E-state index contributed by atoms with van der Waals surface area (Å²) in [5.74, 6) is -0.534. The van der Waals surface area contributed by atoms with Crippen molar-refractivity contribution in [1.29, 1.82) is 0 Å². The molecule has 1 aliphatic heterocycles. The molecule has 0 spiro atoms. The minimum absolute atomic E-state index is 0.123. The van der Waals surface area contributed by atoms with Crippen molar-refractivity contribution >= 4 is 12.1 Å². The third-order valence-electron chi connectivity index (χ3n) is 4.13. The first-order valence-corrected chi connectivity index (χ1v) is 9.34. The lowest BCUT2D eigenvalue weighted by Crippen LogP contribution is -2.55. The summed E-state index contributed by atoms with van der Waals surface area (Å²) in [7, 11) is 0. The Morgan fingerprint density at radius 1 is 0.963 bits per heavy atom. The van der Waals surface area contributed by atoms with E-state index in [4.69, 9.17) is 9.47 Å². The molecule has 0 saturated carbocycles. The van der Waals surface area contributed by atoms with Crippen molar-refractivity contribution in [3.63, 3.8) is 0 Å². The molecule has 1 amide bonds. The molecule has 2 rings (SSSR count). The Balaban J connectivity index is 2.42. The number of benzene rings is 1. The van der Waals surface area contributed by atoms with Gasteiger partial charge in [0.1, 0.15) is 17.2 Å². The predicted molar refractivity (Wildman–Crippen MR) is 102 cm³/mol. The van der Waals surface area contributed by atoms with Gasteiger partial charge < -0.3 is 14.6 Å². The molecule has 1 aliphatic rings. The number of amides is 1. The van der Waals surface area contributed by atoms with Crippen LogP contribution in [0.1, 0.15) is 66.0 Å². The molecule has 0 unspecified atom stereocenters. The molecule has 0 aliphatic carbocycles. The molecule has 3 atom stereocenters. The second-order valence-corrected chi connectivity index (χ2v) is 8.99. The SMILES string of the molecule is CC(C)(C)OC(=O)[C@@H]1C[C@@H](O)C[C@@H](c2ccccc2)N1C(=O)OC(C)(C)C. The number of carbonyl (C=O) groups excluding carboxylic acids is 2. The molecule has 6 heteroatoms. The standard InChI is InChI=1S/C21H31NO5/c1-20(2,3)26-18(24)17-13-15(23)12-16(14-10-8-7-9-11-14)22(17)19(25)27-21(4,5)6/h7-11,15-17,23H,12-13H2,1-6H3/t15-,16-,17-/m0/s1. The van der Waals surface area contributed by atoms with Crippen molar-refractivity contribution in [3.8, 4) is 0 Å². The van der Waals surface area contributed by atoms with E-state index in [2.05, 4.69) is 0 Å². The molecule has 0 bridgehead atoms. The summed E-state index contributed by atoms with van der Waals surface area (Å²) in [6, 6.07) is 8.00. The lowest BCUT2D eigenvalue weighted by molar-refractivity contribution is -0.166. The molecule has 27 heavy (non-hydrogen) atoms. The molecular weight excluding hydrogens is 346 g/mol. The van der Waals surface area contributed by atoms with Crippen LogP contribution in [0, 0.1) is 0 Å². The van der Waals surface area contributed by atoms with Gasteiger partial charge in [-0.15, -0.1) is 0 Å². The summed E-state index contributed by atoms with van der Waals surface area (Å²) in [6.07, 6.45) is -0.842. The summed E-state index contributed by atoms with van der Waals surface area (Å²) >= 11 is 0. The number of ether oxygens (including phenoxy) is 2. The number of nitrogens with zero attached hydrogens (tertiary/aromatic N) is 1. The Hall–Kier alpha value is -2.08. The van der Waals surface area contributed by atoms with Crippen molar-refractivity contribution in [2.45, 2.75) is 83.8 Å². The quantitative estimate of drug-likeness (QED) is 0.793. The van der Waals surface area contributed by atoms with Gasteiger partial charge in [-0.3, -0.25) is 4.90 Å². The van der Waals surface area contributed by atoms with Gasteiger partial charge in [0.25, 0.3) is 0 Å². The Morgan fingerprint density at radius 3 is 2.04 bits per heavy atom. The van der Waals surface area contributed by atoms with E-state index in [0.29, 0.717) is 6.42 Å². The van der Waals surface area contributed by atoms with Crippen LogP contribution in [-0.4, -0.2) is 45.4 Å². The zero-order valence-corrected chi connectivity index (χ0v) is 17.1. The Kier molecular flexibility index (Phi) is 6.20. The predicted octanol–water partition coefficient (Wildman–Crippen LogP) is 3.83. The third kappa shape index (κ3) is 5.96. The summed E-state index contributed by atoms with van der Waals surface area (Å²) in [6.45, 7) is 10.7. The van der Waals surface area contributed by atoms with E-state index in [1.165, 1.54) is 4.90 Å². The highest BCUT2D eigenvalue weighted by Crippen LogP contribution is 2.36. The van der Waals surface area contributed by atoms with Gasteiger partial charge in [0, 0.05) is 6.42 Å². The number of likely N-dealkylation sites (tertiary alicyclic amines) is 1. The molecule has 1 heterocycles. The van der Waals surface area contributed by atoms with E-state index in [1.807, 2.05) is 30.3 Å². The minimum atomic E-state index is -0.909. The number of carbonyl (C=O) groups is 2. The monoisotopic (exact) mass is 377 g/mol. The van der Waals surface area contributed by atoms with Crippen molar-refractivity contribution < 1.29 is 24.2 Å². The van der Waals surface area contributed by atoms with E-state index in [9.17, 15) is 14.7 Å². The molecule has 1 fully saturated rings. The largest absolute Gasteiger partial charge is 0.458 e. The molecule has 150 valence electrons. The zero-order chi connectivity index (χ0) is 20.4. The van der Waals surface area contributed by atoms with E-state index in [0.717, 1.165) is 5.56 Å². The number of hydrogen-bond donors (Lipinski definition) is 1. The summed E-state index contributed by atoms with van der Waals surface area (Å²) in [5, 5.41) is 10.4. The molecule has 0 aromatic heterocycles. The molecular formula is C21H31NO5. The van der Waals surface area contributed by atoms with Crippen molar-refractivity contribution in [3.05, 3.63) is 35.9 Å². The van der Waals surface area contributed by atoms with Gasteiger partial charge >= 0.3 is 12.1 Å². The average molecular weight is 377 g/mol. The zero-order valence-electron chi connectivity index (χ0n) is 17.1. The number of piperidine rings is 1. The summed E-state index contributed by atoms with van der Waals surface area (Å²) < 4.78 is 11.1. The van der Waals surface area contributed by atoms with Crippen molar-refractivity contribution in [1.82, 2.24) is 4.90 Å². The van der Waals surface area contributed by atoms with E-state index >= 15 is 0 Å². The van der Waals surface area contributed by atoms with Crippen LogP contribution in [0.5, 0.6) is 0 Å². The van der Waals surface area contributed by atoms with E-state index in [1.54, 1.807) is 41.5 Å². The van der Waals surface area contributed by atoms with E-state index < -0.39 is 41.5 Å². The van der Waals surface area contributed by atoms with Gasteiger partial charge in [-0.05, 0) is 53.5 Å². The normalized spacial score (nSPS) is 23.7. The second-order valence-electron chi connectivity index (χ2n) is 8.99. The number of aliphatic hydroxyl groups is 1. The van der Waals surface area contributed by atoms with Crippen LogP contribution in [-0.2, 0) is 14.3 Å². The fourth-order valence-electron chi connectivity index (χ4n) is 3.18. The highest BCUT2D eigenvalue weighted by atomic mass is 16.6. The van der Waals surface area contributed by atoms with Crippen LogP contribution in [0.15, 0.2) is 30.3 Å². The fourth-order valence-corrected chi connectivity index (χ4v) is 3.18. The number of aliphatic hydroxyl groups excluding tert-OH is 1. The van der Waals surface area contributed by atoms with Crippen LogP contribution < -0.4 is 0 Å². The molecule has 1 N–H and O–H groups in total. The molecule has 0 radical (unpaired) electrons. The van der Waals surface area contributed by atoms with Crippen molar-refractivity contribution in [2.24, 2.45) is 0 Å². The topological polar surface area (TPSA) is 76.1 Å². The Labute approximate surface area is 161 Å². The highest BCUT2D eigenvalue weighted by molar-refractivity contribution is 5.82. The highest BCUT2D eigenvalue weighted by Gasteiger charge is 2.45.